The number of aryl methyl sites for hydroxylation is 1. The van der Waals surface area contributed by atoms with Crippen molar-refractivity contribution in [1.82, 2.24) is 15.2 Å². The Morgan fingerprint density at radius 3 is 2.91 bits per heavy atom. The molecule has 1 fully saturated rings. The molecule has 4 N–H and O–H groups in total. The normalized spacial score (nSPS) is 20.6. The van der Waals surface area contributed by atoms with Crippen LogP contribution in [0.1, 0.15) is 31.5 Å². The van der Waals surface area contributed by atoms with Crippen molar-refractivity contribution < 1.29 is 4.79 Å². The highest BCUT2D eigenvalue weighted by Gasteiger charge is 2.25. The third-order valence-electron chi connectivity index (χ3n) is 4.07. The van der Waals surface area contributed by atoms with Gasteiger partial charge in [0.25, 0.3) is 0 Å². The number of hydrogen-bond acceptors (Lipinski definition) is 4. The van der Waals surface area contributed by atoms with E-state index in [1.165, 1.54) is 0 Å². The van der Waals surface area contributed by atoms with Gasteiger partial charge in [0.1, 0.15) is 5.82 Å². The first-order valence-corrected chi connectivity index (χ1v) is 7.67. The Labute approximate surface area is 141 Å². The van der Waals surface area contributed by atoms with Crippen LogP contribution < -0.4 is 11.1 Å². The number of amides is 1. The zero-order valence-corrected chi connectivity index (χ0v) is 13.9. The molecule has 0 aliphatic heterocycles. The molecule has 1 aliphatic carbocycles. The first kappa shape index (κ1) is 17.4. The van der Waals surface area contributed by atoms with Gasteiger partial charge in [0.15, 0.2) is 5.82 Å². The molecule has 1 saturated carbocycles. The molecule has 2 aromatic rings. The van der Waals surface area contributed by atoms with Gasteiger partial charge in [0.2, 0.25) is 5.91 Å². The maximum atomic E-state index is 12.4. The number of H-pyrrole nitrogens is 1. The molecule has 7 heteroatoms. The Balaban J connectivity index is 0.00000192. The Morgan fingerprint density at radius 1 is 1.39 bits per heavy atom. The molecule has 0 radical (unpaired) electrons. The van der Waals surface area contributed by atoms with Crippen LogP contribution in [-0.2, 0) is 4.79 Å². The standard InChI is InChI=1S/C16H21N5O.ClH/c1-10-18-15(21-20-10)11-4-3-7-14(9-11)19-16(22)12-5-2-6-13(17)8-12;/h3-4,7,9,12-13H,2,5-6,8,17H2,1H3,(H,19,22)(H,18,20,21);1H. The molecule has 1 heterocycles. The second kappa shape index (κ2) is 7.57. The van der Waals surface area contributed by atoms with E-state index in [2.05, 4.69) is 20.5 Å². The lowest BCUT2D eigenvalue weighted by atomic mass is 9.85. The summed E-state index contributed by atoms with van der Waals surface area (Å²) < 4.78 is 0. The Hall–Kier alpha value is -1.92. The average molecular weight is 336 g/mol. The van der Waals surface area contributed by atoms with Gasteiger partial charge in [-0.25, -0.2) is 4.98 Å². The summed E-state index contributed by atoms with van der Waals surface area (Å²) in [6.45, 7) is 1.86. The minimum atomic E-state index is 0. The van der Waals surface area contributed by atoms with Crippen LogP contribution >= 0.6 is 12.4 Å². The predicted molar refractivity (Wildman–Crippen MR) is 92.4 cm³/mol. The summed E-state index contributed by atoms with van der Waals surface area (Å²) in [6, 6.07) is 7.73. The zero-order chi connectivity index (χ0) is 15.5. The number of benzene rings is 1. The second-order valence-corrected chi connectivity index (χ2v) is 5.94. The summed E-state index contributed by atoms with van der Waals surface area (Å²) in [5.74, 6) is 1.46. The number of anilines is 1. The Bertz CT molecular complexity index is 672. The predicted octanol–water partition coefficient (Wildman–Crippen LogP) is 2.66. The van der Waals surface area contributed by atoms with Gasteiger partial charge in [0, 0.05) is 23.2 Å². The number of carbonyl (C=O) groups excluding carboxylic acids is 1. The number of hydrogen-bond donors (Lipinski definition) is 3. The van der Waals surface area contributed by atoms with Crippen molar-refractivity contribution in [3.8, 4) is 11.4 Å². The fourth-order valence-electron chi connectivity index (χ4n) is 2.92. The Morgan fingerprint density at radius 2 is 2.22 bits per heavy atom. The molecular weight excluding hydrogens is 314 g/mol. The highest BCUT2D eigenvalue weighted by molar-refractivity contribution is 5.93. The SMILES string of the molecule is Cc1nc(-c2cccc(NC(=O)C3CCCC(N)C3)c2)n[nH]1.Cl. The van der Waals surface area contributed by atoms with Gasteiger partial charge in [0.05, 0.1) is 0 Å². The van der Waals surface area contributed by atoms with Crippen molar-refractivity contribution in [3.63, 3.8) is 0 Å². The number of aromatic nitrogens is 3. The number of nitrogens with one attached hydrogen (secondary N) is 2. The molecule has 3 rings (SSSR count). The van der Waals surface area contributed by atoms with E-state index < -0.39 is 0 Å². The highest BCUT2D eigenvalue weighted by atomic mass is 35.5. The third-order valence-corrected chi connectivity index (χ3v) is 4.07. The summed E-state index contributed by atoms with van der Waals surface area (Å²) in [4.78, 5) is 16.7. The van der Waals surface area contributed by atoms with Crippen LogP contribution in [-0.4, -0.2) is 27.1 Å². The molecule has 1 aromatic carbocycles. The molecule has 6 nitrogen and oxygen atoms in total. The average Bonchev–Trinajstić information content (AvgIpc) is 2.94. The number of halogens is 1. The van der Waals surface area contributed by atoms with E-state index in [0.29, 0.717) is 5.82 Å². The fourth-order valence-corrected chi connectivity index (χ4v) is 2.92. The van der Waals surface area contributed by atoms with Crippen molar-refractivity contribution in [2.45, 2.75) is 38.6 Å². The van der Waals surface area contributed by atoms with Crippen molar-refractivity contribution in [2.24, 2.45) is 11.7 Å². The molecular formula is C16H22ClN5O. The Kier molecular flexibility index (Phi) is 5.74. The molecule has 23 heavy (non-hydrogen) atoms. The quantitative estimate of drug-likeness (QED) is 0.803. The topological polar surface area (TPSA) is 96.7 Å². The second-order valence-electron chi connectivity index (χ2n) is 5.94. The summed E-state index contributed by atoms with van der Waals surface area (Å²) in [6.07, 6.45) is 3.73. The molecule has 1 amide bonds. The zero-order valence-electron chi connectivity index (χ0n) is 13.1. The van der Waals surface area contributed by atoms with E-state index in [1.54, 1.807) is 0 Å². The van der Waals surface area contributed by atoms with Gasteiger partial charge in [-0.1, -0.05) is 18.6 Å². The summed E-state index contributed by atoms with van der Waals surface area (Å²) in [5.41, 5.74) is 7.60. The van der Waals surface area contributed by atoms with Crippen molar-refractivity contribution >= 4 is 24.0 Å². The first-order valence-electron chi connectivity index (χ1n) is 7.67. The lowest BCUT2D eigenvalue weighted by molar-refractivity contribution is -0.120. The summed E-state index contributed by atoms with van der Waals surface area (Å²) in [7, 11) is 0. The van der Waals surface area contributed by atoms with E-state index in [0.717, 1.165) is 42.8 Å². The van der Waals surface area contributed by atoms with E-state index in [9.17, 15) is 4.79 Å². The van der Waals surface area contributed by atoms with Gasteiger partial charge in [-0.05, 0) is 38.3 Å². The van der Waals surface area contributed by atoms with Gasteiger partial charge >= 0.3 is 0 Å². The number of nitrogens with two attached hydrogens (primary N) is 1. The van der Waals surface area contributed by atoms with Crippen molar-refractivity contribution in [3.05, 3.63) is 30.1 Å². The molecule has 124 valence electrons. The highest BCUT2D eigenvalue weighted by Crippen LogP contribution is 2.25. The van der Waals surface area contributed by atoms with E-state index >= 15 is 0 Å². The van der Waals surface area contributed by atoms with Crippen LogP contribution in [0.3, 0.4) is 0 Å². The number of nitrogens with zero attached hydrogens (tertiary/aromatic N) is 2. The van der Waals surface area contributed by atoms with E-state index in [-0.39, 0.29) is 30.3 Å². The van der Waals surface area contributed by atoms with Crippen molar-refractivity contribution in [1.29, 1.82) is 0 Å². The van der Waals surface area contributed by atoms with E-state index in [1.807, 2.05) is 31.2 Å². The van der Waals surface area contributed by atoms with Gasteiger partial charge < -0.3 is 11.1 Å². The molecule has 1 aromatic heterocycles. The lowest BCUT2D eigenvalue weighted by Crippen LogP contribution is -2.34. The molecule has 0 bridgehead atoms. The molecule has 2 atom stereocenters. The van der Waals surface area contributed by atoms with E-state index in [4.69, 9.17) is 5.73 Å². The minimum Gasteiger partial charge on any atom is -0.328 e. The van der Waals surface area contributed by atoms with Crippen molar-refractivity contribution in [2.75, 3.05) is 5.32 Å². The number of aromatic amines is 1. The maximum absolute atomic E-state index is 12.4. The number of rotatable bonds is 3. The fraction of sp³-hybridized carbons (Fsp3) is 0.438. The maximum Gasteiger partial charge on any atom is 0.227 e. The summed E-state index contributed by atoms with van der Waals surface area (Å²) in [5, 5.41) is 9.95. The van der Waals surface area contributed by atoms with Crippen LogP contribution in [0.15, 0.2) is 24.3 Å². The monoisotopic (exact) mass is 335 g/mol. The van der Waals surface area contributed by atoms with Gasteiger partial charge in [-0.2, -0.15) is 5.10 Å². The molecule has 2 unspecified atom stereocenters. The molecule has 1 aliphatic rings. The first-order chi connectivity index (χ1) is 10.6. The largest absolute Gasteiger partial charge is 0.328 e. The molecule has 0 saturated heterocycles. The van der Waals surface area contributed by atoms with Crippen LogP contribution in [0.4, 0.5) is 5.69 Å². The lowest BCUT2D eigenvalue weighted by Gasteiger charge is -2.25. The van der Waals surface area contributed by atoms with Gasteiger partial charge in [-0.15, -0.1) is 12.4 Å². The minimum absolute atomic E-state index is 0. The molecule has 0 spiro atoms. The number of carbonyl (C=O) groups is 1. The third kappa shape index (κ3) is 4.30. The smallest absolute Gasteiger partial charge is 0.227 e. The summed E-state index contributed by atoms with van der Waals surface area (Å²) >= 11 is 0. The van der Waals surface area contributed by atoms with Crippen LogP contribution in [0, 0.1) is 12.8 Å². The van der Waals surface area contributed by atoms with Crippen LogP contribution in [0.25, 0.3) is 11.4 Å². The van der Waals surface area contributed by atoms with Crippen LogP contribution in [0.2, 0.25) is 0 Å². The van der Waals surface area contributed by atoms with Crippen LogP contribution in [0.5, 0.6) is 0 Å². The van der Waals surface area contributed by atoms with Gasteiger partial charge in [-0.3, -0.25) is 9.89 Å².